The van der Waals surface area contributed by atoms with Gasteiger partial charge in [-0.2, -0.15) is 4.98 Å². The van der Waals surface area contributed by atoms with Crippen LogP contribution in [0.5, 0.6) is 5.75 Å². The molecule has 0 radical (unpaired) electrons. The molecule has 1 saturated heterocycles. The Morgan fingerprint density at radius 1 is 1.10 bits per heavy atom. The second-order valence-electron chi connectivity index (χ2n) is 6.91. The average molecular weight is 407 g/mol. The van der Waals surface area contributed by atoms with Crippen LogP contribution in [0.1, 0.15) is 45.5 Å². The zero-order valence-electron chi connectivity index (χ0n) is 16.7. The van der Waals surface area contributed by atoms with Gasteiger partial charge in [-0.1, -0.05) is 11.2 Å². The first-order chi connectivity index (χ1) is 14.6. The zero-order chi connectivity index (χ0) is 21.1. The lowest BCUT2D eigenvalue weighted by Gasteiger charge is -2.22. The highest BCUT2D eigenvalue weighted by atomic mass is 16.5. The van der Waals surface area contributed by atoms with Gasteiger partial charge in [-0.05, 0) is 55.3 Å². The molecule has 0 aliphatic carbocycles. The third-order valence-electron chi connectivity index (χ3n) is 5.12. The fraction of sp³-hybridized carbons (Fsp3) is 0.273. The fourth-order valence-electron chi connectivity index (χ4n) is 3.56. The van der Waals surface area contributed by atoms with E-state index in [-0.39, 0.29) is 11.9 Å². The van der Waals surface area contributed by atoms with Crippen LogP contribution in [-0.2, 0) is 4.74 Å². The van der Waals surface area contributed by atoms with Crippen molar-refractivity contribution in [2.75, 3.05) is 20.8 Å². The molecule has 1 aliphatic heterocycles. The lowest BCUT2D eigenvalue weighted by atomic mass is 10.1. The highest BCUT2D eigenvalue weighted by molar-refractivity contribution is 5.98. The summed E-state index contributed by atoms with van der Waals surface area (Å²) in [7, 11) is 2.91. The molecule has 1 amide bonds. The lowest BCUT2D eigenvalue weighted by molar-refractivity contribution is 0.0600. The molecule has 154 valence electrons. The summed E-state index contributed by atoms with van der Waals surface area (Å²) >= 11 is 0. The monoisotopic (exact) mass is 407 g/mol. The number of amides is 1. The molecule has 3 aromatic rings. The van der Waals surface area contributed by atoms with E-state index in [4.69, 9.17) is 14.0 Å². The third-order valence-corrected chi connectivity index (χ3v) is 5.12. The molecular weight excluding hydrogens is 386 g/mol. The van der Waals surface area contributed by atoms with E-state index in [2.05, 4.69) is 10.1 Å². The Balaban J connectivity index is 1.56. The van der Waals surface area contributed by atoms with E-state index >= 15 is 0 Å². The van der Waals surface area contributed by atoms with Crippen molar-refractivity contribution in [3.8, 4) is 17.1 Å². The van der Waals surface area contributed by atoms with Gasteiger partial charge in [0.15, 0.2) is 0 Å². The number of hydrogen-bond acceptors (Lipinski definition) is 7. The maximum Gasteiger partial charge on any atom is 0.337 e. The number of carbonyl (C=O) groups excluding carboxylic acids is 2. The first-order valence-electron chi connectivity index (χ1n) is 9.58. The number of ether oxygens (including phenoxy) is 2. The van der Waals surface area contributed by atoms with Crippen molar-refractivity contribution in [1.29, 1.82) is 0 Å². The maximum atomic E-state index is 13.1. The van der Waals surface area contributed by atoms with Crippen molar-refractivity contribution >= 4 is 11.9 Å². The minimum absolute atomic E-state index is 0.188. The van der Waals surface area contributed by atoms with Gasteiger partial charge < -0.3 is 18.9 Å². The Bertz CT molecular complexity index is 1060. The predicted molar refractivity (Wildman–Crippen MR) is 107 cm³/mol. The quantitative estimate of drug-likeness (QED) is 0.597. The molecule has 0 spiro atoms. The molecule has 8 heteroatoms. The molecule has 1 atom stereocenters. The standard InChI is InChI=1S/C22H21N3O5/c1-28-17-10-8-14(9-11-17)19-23-20(30-24-19)18-7-4-12-25(18)21(26)15-5-3-6-16(13-15)22(27)29-2/h3,5-6,8-11,13,18H,4,7,12H2,1-2H3/t18-/m1/s1. The van der Waals surface area contributed by atoms with E-state index in [0.29, 0.717) is 29.4 Å². The number of likely N-dealkylation sites (tertiary alicyclic amines) is 1. The number of esters is 1. The van der Waals surface area contributed by atoms with Gasteiger partial charge in [-0.3, -0.25) is 4.79 Å². The van der Waals surface area contributed by atoms with Gasteiger partial charge in [-0.25, -0.2) is 4.79 Å². The lowest BCUT2D eigenvalue weighted by Crippen LogP contribution is -2.30. The average Bonchev–Trinajstić information content (AvgIpc) is 3.48. The molecular formula is C22H21N3O5. The second-order valence-corrected chi connectivity index (χ2v) is 6.91. The van der Waals surface area contributed by atoms with Gasteiger partial charge in [0.05, 0.1) is 19.8 Å². The van der Waals surface area contributed by atoms with Crippen molar-refractivity contribution in [2.45, 2.75) is 18.9 Å². The van der Waals surface area contributed by atoms with E-state index < -0.39 is 5.97 Å². The Kier molecular flexibility index (Phi) is 5.47. The summed E-state index contributed by atoms with van der Waals surface area (Å²) in [5, 5.41) is 4.08. The Morgan fingerprint density at radius 2 is 1.87 bits per heavy atom. The van der Waals surface area contributed by atoms with Crippen LogP contribution in [0.3, 0.4) is 0 Å². The van der Waals surface area contributed by atoms with Crippen LogP contribution in [0.2, 0.25) is 0 Å². The van der Waals surface area contributed by atoms with Crippen molar-refractivity contribution in [1.82, 2.24) is 15.0 Å². The molecule has 0 N–H and O–H groups in total. The number of carbonyl (C=O) groups is 2. The summed E-state index contributed by atoms with van der Waals surface area (Å²) in [6.07, 6.45) is 1.56. The number of methoxy groups -OCH3 is 2. The van der Waals surface area contributed by atoms with Crippen LogP contribution in [0.25, 0.3) is 11.4 Å². The van der Waals surface area contributed by atoms with Crippen LogP contribution in [0.15, 0.2) is 53.1 Å². The first kappa shape index (κ1) is 19.6. The number of nitrogens with zero attached hydrogens (tertiary/aromatic N) is 3. The molecule has 1 aromatic heterocycles. The molecule has 8 nitrogen and oxygen atoms in total. The molecule has 1 aliphatic rings. The van der Waals surface area contributed by atoms with Crippen molar-refractivity contribution < 1.29 is 23.6 Å². The molecule has 4 rings (SSSR count). The Labute approximate surface area is 173 Å². The van der Waals surface area contributed by atoms with Gasteiger partial charge >= 0.3 is 5.97 Å². The first-order valence-corrected chi connectivity index (χ1v) is 9.58. The van der Waals surface area contributed by atoms with E-state index in [1.165, 1.54) is 7.11 Å². The topological polar surface area (TPSA) is 94.8 Å². The molecule has 2 aromatic carbocycles. The summed E-state index contributed by atoms with van der Waals surface area (Å²) < 4.78 is 15.4. The normalized spacial score (nSPS) is 15.8. The minimum Gasteiger partial charge on any atom is -0.497 e. The molecule has 0 saturated carbocycles. The summed E-state index contributed by atoms with van der Waals surface area (Å²) in [6, 6.07) is 13.5. The smallest absolute Gasteiger partial charge is 0.337 e. The van der Waals surface area contributed by atoms with Gasteiger partial charge in [0.2, 0.25) is 11.7 Å². The van der Waals surface area contributed by atoms with Gasteiger partial charge in [-0.15, -0.1) is 0 Å². The number of rotatable bonds is 5. The highest BCUT2D eigenvalue weighted by Crippen LogP contribution is 2.33. The van der Waals surface area contributed by atoms with Crippen LogP contribution in [-0.4, -0.2) is 47.7 Å². The SMILES string of the molecule is COC(=O)c1cccc(C(=O)N2CCC[C@@H]2c2nc(-c3ccc(OC)cc3)no2)c1. The van der Waals surface area contributed by atoms with Crippen LogP contribution >= 0.6 is 0 Å². The van der Waals surface area contributed by atoms with Crippen LogP contribution < -0.4 is 4.74 Å². The van der Waals surface area contributed by atoms with Crippen molar-refractivity contribution in [3.63, 3.8) is 0 Å². The number of benzene rings is 2. The van der Waals surface area contributed by atoms with Crippen molar-refractivity contribution in [2.24, 2.45) is 0 Å². The molecule has 0 bridgehead atoms. The van der Waals surface area contributed by atoms with Crippen LogP contribution in [0, 0.1) is 0 Å². The summed E-state index contributed by atoms with van der Waals surface area (Å²) in [4.78, 5) is 31.1. The molecule has 1 fully saturated rings. The van der Waals surface area contributed by atoms with Gasteiger partial charge in [0, 0.05) is 17.7 Å². The maximum absolute atomic E-state index is 13.1. The number of hydrogen-bond donors (Lipinski definition) is 0. The molecule has 0 unspecified atom stereocenters. The molecule has 2 heterocycles. The number of aromatic nitrogens is 2. The van der Waals surface area contributed by atoms with Gasteiger partial charge in [0.25, 0.3) is 5.91 Å². The minimum atomic E-state index is -0.483. The molecule has 30 heavy (non-hydrogen) atoms. The second kappa shape index (κ2) is 8.36. The zero-order valence-corrected chi connectivity index (χ0v) is 16.7. The highest BCUT2D eigenvalue weighted by Gasteiger charge is 2.34. The largest absolute Gasteiger partial charge is 0.497 e. The van der Waals surface area contributed by atoms with E-state index in [1.54, 1.807) is 36.3 Å². The fourth-order valence-corrected chi connectivity index (χ4v) is 3.56. The third kappa shape index (κ3) is 3.76. The van der Waals surface area contributed by atoms with Crippen molar-refractivity contribution in [3.05, 3.63) is 65.5 Å². The predicted octanol–water partition coefficient (Wildman–Crippen LogP) is 3.51. The summed E-state index contributed by atoms with van der Waals surface area (Å²) in [5.41, 5.74) is 1.55. The van der Waals surface area contributed by atoms with E-state index in [1.807, 2.05) is 24.3 Å². The Hall–Kier alpha value is -3.68. The summed E-state index contributed by atoms with van der Waals surface area (Å²) in [6.45, 7) is 0.576. The van der Waals surface area contributed by atoms with E-state index in [9.17, 15) is 9.59 Å². The Morgan fingerprint density at radius 3 is 2.60 bits per heavy atom. The van der Waals surface area contributed by atoms with E-state index in [0.717, 1.165) is 24.2 Å². The van der Waals surface area contributed by atoms with Gasteiger partial charge in [0.1, 0.15) is 11.8 Å². The van der Waals surface area contributed by atoms with Crippen LogP contribution in [0.4, 0.5) is 0 Å². The summed E-state index contributed by atoms with van der Waals surface area (Å²) in [5.74, 6) is 0.927.